The second-order valence-corrected chi connectivity index (χ2v) is 16.7. The van der Waals surface area contributed by atoms with Crippen molar-refractivity contribution in [2.45, 2.75) is 4.90 Å². The number of benzene rings is 9. The molecule has 0 spiro atoms. The topological polar surface area (TPSA) is 27.3 Å². The van der Waals surface area contributed by atoms with Crippen LogP contribution < -0.4 is 15.7 Å². The highest BCUT2D eigenvalue weighted by atomic mass is 32.2. The summed E-state index contributed by atoms with van der Waals surface area (Å²) in [7, 11) is 0. The first-order chi connectivity index (χ1) is 29.2. The molecule has 2 aliphatic rings. The Balaban J connectivity index is 0.976. The summed E-state index contributed by atoms with van der Waals surface area (Å²) in [6.07, 6.45) is 0. The van der Waals surface area contributed by atoms with E-state index in [9.17, 15) is 0 Å². The Morgan fingerprint density at radius 3 is 1.90 bits per heavy atom. The number of ether oxygens (including phenoxy) is 1. The van der Waals surface area contributed by atoms with Gasteiger partial charge in [0.1, 0.15) is 22.7 Å². The molecule has 0 fully saturated rings. The van der Waals surface area contributed by atoms with Crippen LogP contribution in [0.3, 0.4) is 0 Å². The molecule has 4 heterocycles. The molecule has 0 amide bonds. The largest absolute Gasteiger partial charge is 0.458 e. The number of hydrogen-bond donors (Lipinski definition) is 0. The molecular weight excluding hydrogens is 737 g/mol. The third-order valence-electron chi connectivity index (χ3n) is 12.3. The minimum Gasteiger partial charge on any atom is -0.458 e. The maximum atomic E-state index is 6.84. The highest BCUT2D eigenvalue weighted by molar-refractivity contribution is 8.28. The van der Waals surface area contributed by atoms with E-state index in [4.69, 9.17) is 9.15 Å². The van der Waals surface area contributed by atoms with Gasteiger partial charge in [-0.05, 0) is 128 Å². The molecular formula is C54H32BNO2S. The summed E-state index contributed by atoms with van der Waals surface area (Å²) in [5.74, 6) is 1.98. The Morgan fingerprint density at radius 2 is 1.07 bits per heavy atom. The first kappa shape index (κ1) is 32.8. The highest BCUT2D eigenvalue weighted by Gasteiger charge is 2.39. The molecule has 0 N–H and O–H groups in total. The Bertz CT molecular complexity index is 3490. The lowest BCUT2D eigenvalue weighted by atomic mass is 9.57. The Labute approximate surface area is 345 Å². The number of hydrogen-bond acceptors (Lipinski definition) is 3. The van der Waals surface area contributed by atoms with Crippen molar-refractivity contribution >= 4 is 72.3 Å². The normalized spacial score (nSPS) is 12.8. The van der Waals surface area contributed by atoms with Crippen LogP contribution >= 0.6 is 11.6 Å². The highest BCUT2D eigenvalue weighted by Crippen LogP contribution is 2.47. The first-order valence-corrected chi connectivity index (χ1v) is 21.0. The first-order valence-electron chi connectivity index (χ1n) is 20.1. The zero-order valence-corrected chi connectivity index (χ0v) is 32.5. The molecule has 0 saturated carbocycles. The van der Waals surface area contributed by atoms with Gasteiger partial charge < -0.3 is 13.7 Å². The van der Waals surface area contributed by atoms with E-state index in [0.717, 1.165) is 55.8 Å². The third kappa shape index (κ3) is 4.98. The van der Waals surface area contributed by atoms with E-state index in [-0.39, 0.29) is 5.99 Å². The van der Waals surface area contributed by atoms with Gasteiger partial charge in [0.05, 0.1) is 11.0 Å². The summed E-state index contributed by atoms with van der Waals surface area (Å²) in [6.45, 7) is 0. The summed E-state index contributed by atoms with van der Waals surface area (Å²) >= 11 is 1.92. The number of aromatic nitrogens is 1. The lowest BCUT2D eigenvalue weighted by Crippen LogP contribution is -2.46. The Morgan fingerprint density at radius 1 is 0.407 bits per heavy atom. The van der Waals surface area contributed by atoms with Crippen molar-refractivity contribution in [3.63, 3.8) is 0 Å². The fourth-order valence-electron chi connectivity index (χ4n) is 9.60. The van der Waals surface area contributed by atoms with E-state index in [1.54, 1.807) is 0 Å². The van der Waals surface area contributed by atoms with Crippen molar-refractivity contribution in [2.75, 3.05) is 0 Å². The van der Waals surface area contributed by atoms with Crippen LogP contribution in [0.2, 0.25) is 0 Å². The molecule has 0 aliphatic carbocycles. The fourth-order valence-corrected chi connectivity index (χ4v) is 11.0. The molecule has 9 aromatic carbocycles. The number of furan rings is 1. The molecule has 0 bridgehead atoms. The van der Waals surface area contributed by atoms with Gasteiger partial charge in [0.25, 0.3) is 5.99 Å². The van der Waals surface area contributed by atoms with Crippen LogP contribution in [0.15, 0.2) is 203 Å². The number of fused-ring (bicyclic) bond motifs is 10. The average molecular weight is 770 g/mol. The molecule has 2 aliphatic heterocycles. The van der Waals surface area contributed by atoms with Crippen molar-refractivity contribution in [3.05, 3.63) is 194 Å². The van der Waals surface area contributed by atoms with E-state index < -0.39 is 0 Å². The summed E-state index contributed by atoms with van der Waals surface area (Å²) < 4.78 is 15.6. The number of nitrogens with zero attached hydrogens (tertiary/aromatic N) is 1. The van der Waals surface area contributed by atoms with Crippen molar-refractivity contribution in [3.8, 4) is 61.7 Å². The van der Waals surface area contributed by atoms with Crippen molar-refractivity contribution < 1.29 is 9.15 Å². The van der Waals surface area contributed by atoms with Crippen LogP contribution in [0.1, 0.15) is 0 Å². The van der Waals surface area contributed by atoms with E-state index >= 15 is 0 Å². The van der Waals surface area contributed by atoms with Crippen LogP contribution in [0.4, 0.5) is 0 Å². The van der Waals surface area contributed by atoms with Gasteiger partial charge in [-0.2, -0.15) is 11.6 Å². The van der Waals surface area contributed by atoms with Gasteiger partial charge >= 0.3 is 0 Å². The van der Waals surface area contributed by atoms with Crippen molar-refractivity contribution in [2.24, 2.45) is 0 Å². The third-order valence-corrected chi connectivity index (χ3v) is 13.6. The molecule has 0 atom stereocenters. The molecule has 274 valence electrons. The predicted octanol–water partition coefficient (Wildman–Crippen LogP) is 13.7. The van der Waals surface area contributed by atoms with E-state index in [2.05, 4.69) is 187 Å². The minimum atomic E-state index is 0.129. The van der Waals surface area contributed by atoms with Crippen LogP contribution in [0.25, 0.3) is 93.9 Å². The second kappa shape index (κ2) is 12.6. The molecule has 0 radical (unpaired) electrons. The maximum Gasteiger partial charge on any atom is 0.289 e. The molecule has 11 aromatic rings. The van der Waals surface area contributed by atoms with Gasteiger partial charge in [0.15, 0.2) is 0 Å². The van der Waals surface area contributed by atoms with Crippen molar-refractivity contribution in [1.82, 2.24) is 4.57 Å². The molecule has 5 heteroatoms. The van der Waals surface area contributed by atoms with Crippen molar-refractivity contribution in [1.29, 1.82) is 0 Å². The zero-order chi connectivity index (χ0) is 38.6. The summed E-state index contributed by atoms with van der Waals surface area (Å²) in [4.78, 5) is 1.27. The monoisotopic (exact) mass is 769 g/mol. The fraction of sp³-hybridized carbons (Fsp3) is 0. The SMILES string of the molecule is c1cc(-c2cc3c4c(c2)-c2cc(-c5ccccc5-c5ccc6c(c5)oc5ccccc56)ccc2SB4c2ccccc2O3)cc(-n2c3ccccc3c3ccccc32)c1. The maximum absolute atomic E-state index is 6.84. The van der Waals surface area contributed by atoms with E-state index in [1.807, 2.05) is 23.7 Å². The minimum absolute atomic E-state index is 0.129. The number of rotatable bonds is 4. The van der Waals surface area contributed by atoms with Crippen LogP contribution in [0, 0.1) is 0 Å². The summed E-state index contributed by atoms with van der Waals surface area (Å²) in [5, 5.41) is 4.79. The van der Waals surface area contributed by atoms with Gasteiger partial charge in [-0.3, -0.25) is 0 Å². The van der Waals surface area contributed by atoms with Gasteiger partial charge in [-0.25, -0.2) is 0 Å². The second-order valence-electron chi connectivity index (χ2n) is 15.6. The zero-order valence-electron chi connectivity index (χ0n) is 31.7. The lowest BCUT2D eigenvalue weighted by Gasteiger charge is -2.33. The van der Waals surface area contributed by atoms with E-state index in [1.165, 1.54) is 65.4 Å². The molecule has 0 unspecified atom stereocenters. The standard InChI is InChI=1S/C54H32BNO2S/c1-2-15-39(35-24-26-43-42-18-5-9-22-49(42)57-51(43)31-35)38(14-1)34-25-27-53-44(29-34)45-30-36(32-52-54(45)55(59-53)46-19-6-10-23-50(46)58-52)33-12-11-13-37(28-33)56-47-20-7-3-16-40(47)41-17-4-8-21-48(41)56/h1-32H. The van der Waals surface area contributed by atoms with Gasteiger partial charge in [0.2, 0.25) is 0 Å². The Kier molecular flexibility index (Phi) is 7.04. The lowest BCUT2D eigenvalue weighted by molar-refractivity contribution is 0.488. The Hall–Kier alpha value is -7.21. The van der Waals surface area contributed by atoms with Crippen LogP contribution in [0.5, 0.6) is 11.5 Å². The summed E-state index contributed by atoms with van der Waals surface area (Å²) in [5.41, 5.74) is 17.2. The van der Waals surface area contributed by atoms with Crippen LogP contribution in [-0.2, 0) is 0 Å². The predicted molar refractivity (Wildman–Crippen MR) is 247 cm³/mol. The van der Waals surface area contributed by atoms with Gasteiger partial charge in [0, 0.05) is 32.1 Å². The average Bonchev–Trinajstić information content (AvgIpc) is 3.84. The molecule has 13 rings (SSSR count). The molecule has 2 aromatic heterocycles. The smallest absolute Gasteiger partial charge is 0.289 e. The molecule has 0 saturated heterocycles. The quantitative estimate of drug-likeness (QED) is 0.167. The molecule has 59 heavy (non-hydrogen) atoms. The number of para-hydroxylation sites is 4. The van der Waals surface area contributed by atoms with Gasteiger partial charge in [-0.1, -0.05) is 121 Å². The summed E-state index contributed by atoms with van der Waals surface area (Å²) in [6, 6.07) is 70.1. The molecule has 3 nitrogen and oxygen atoms in total. The van der Waals surface area contributed by atoms with Gasteiger partial charge in [-0.15, -0.1) is 0 Å². The van der Waals surface area contributed by atoms with E-state index in [0.29, 0.717) is 0 Å². The van der Waals surface area contributed by atoms with Crippen LogP contribution in [-0.4, -0.2) is 10.6 Å².